The molecule has 0 fully saturated rings. The molecular formula is C25H22ClFN2O2. The number of carbonyl (C=O) groups is 1. The number of benzene rings is 3. The smallest absolute Gasteiger partial charge is 0.407 e. The maximum absolute atomic E-state index is 13.6. The van der Waals surface area contributed by atoms with Gasteiger partial charge in [-0.25, -0.2) is 9.18 Å². The van der Waals surface area contributed by atoms with Crippen LogP contribution < -0.4 is 11.1 Å². The van der Waals surface area contributed by atoms with E-state index in [1.54, 1.807) is 18.2 Å². The van der Waals surface area contributed by atoms with Gasteiger partial charge in [-0.1, -0.05) is 72.3 Å². The topological polar surface area (TPSA) is 64.3 Å². The fraction of sp³-hybridized carbons (Fsp3) is 0.160. The van der Waals surface area contributed by atoms with Gasteiger partial charge >= 0.3 is 6.09 Å². The third-order valence-electron chi connectivity index (χ3n) is 5.35. The zero-order valence-electron chi connectivity index (χ0n) is 16.8. The Labute approximate surface area is 185 Å². The number of nitrogens with one attached hydrogen (secondary N) is 1. The number of anilines is 1. The van der Waals surface area contributed by atoms with Crippen LogP contribution in [0, 0.1) is 5.82 Å². The van der Waals surface area contributed by atoms with Crippen molar-refractivity contribution in [3.05, 3.63) is 94.3 Å². The second-order valence-corrected chi connectivity index (χ2v) is 7.77. The van der Waals surface area contributed by atoms with E-state index in [4.69, 9.17) is 22.1 Å². The first-order valence-corrected chi connectivity index (χ1v) is 10.4. The van der Waals surface area contributed by atoms with Crippen LogP contribution in [0.25, 0.3) is 17.2 Å². The summed E-state index contributed by atoms with van der Waals surface area (Å²) in [5.41, 5.74) is 11.0. The molecule has 1 amide bonds. The molecule has 3 aromatic rings. The van der Waals surface area contributed by atoms with Gasteiger partial charge in [-0.3, -0.25) is 0 Å². The summed E-state index contributed by atoms with van der Waals surface area (Å²) in [4.78, 5) is 12.2. The zero-order chi connectivity index (χ0) is 21.8. The van der Waals surface area contributed by atoms with Crippen LogP contribution in [0.4, 0.5) is 14.9 Å². The first kappa shape index (κ1) is 20.9. The van der Waals surface area contributed by atoms with Crippen molar-refractivity contribution in [1.82, 2.24) is 5.32 Å². The van der Waals surface area contributed by atoms with Crippen LogP contribution in [-0.4, -0.2) is 19.2 Å². The van der Waals surface area contributed by atoms with Crippen molar-refractivity contribution >= 4 is 29.5 Å². The Morgan fingerprint density at radius 2 is 1.74 bits per heavy atom. The Bertz CT molecular complexity index is 1100. The number of nitrogen functional groups attached to an aromatic ring is 1. The minimum atomic E-state index is -0.552. The van der Waals surface area contributed by atoms with Crippen molar-refractivity contribution in [1.29, 1.82) is 0 Å². The summed E-state index contributed by atoms with van der Waals surface area (Å²) in [6.07, 6.45) is 3.55. The molecule has 1 aliphatic carbocycles. The molecule has 4 rings (SSSR count). The van der Waals surface area contributed by atoms with E-state index in [-0.39, 0.29) is 23.2 Å². The van der Waals surface area contributed by atoms with E-state index < -0.39 is 11.9 Å². The van der Waals surface area contributed by atoms with Crippen molar-refractivity contribution in [2.75, 3.05) is 18.9 Å². The molecule has 3 N–H and O–H groups in total. The number of alkyl carbamates (subject to hydrolysis) is 1. The number of carbonyl (C=O) groups excluding carboxylic acids is 1. The molecule has 0 aromatic heterocycles. The summed E-state index contributed by atoms with van der Waals surface area (Å²) in [6.45, 7) is 0.657. The zero-order valence-corrected chi connectivity index (χ0v) is 17.5. The molecular weight excluding hydrogens is 415 g/mol. The summed E-state index contributed by atoms with van der Waals surface area (Å²) in [5, 5.41) is 3.02. The molecule has 0 saturated carbocycles. The van der Waals surface area contributed by atoms with Gasteiger partial charge in [0.15, 0.2) is 0 Å². The second-order valence-electron chi connectivity index (χ2n) is 7.33. The molecule has 4 nitrogen and oxygen atoms in total. The number of hydrogen-bond donors (Lipinski definition) is 2. The van der Waals surface area contributed by atoms with Gasteiger partial charge in [-0.15, -0.1) is 0 Å². The summed E-state index contributed by atoms with van der Waals surface area (Å²) in [5.74, 6) is -0.525. The highest BCUT2D eigenvalue weighted by Gasteiger charge is 2.28. The summed E-state index contributed by atoms with van der Waals surface area (Å²) in [7, 11) is 0. The van der Waals surface area contributed by atoms with Gasteiger partial charge in [0.25, 0.3) is 0 Å². The van der Waals surface area contributed by atoms with Gasteiger partial charge in [0.05, 0.1) is 5.69 Å². The van der Waals surface area contributed by atoms with Crippen molar-refractivity contribution < 1.29 is 13.9 Å². The van der Waals surface area contributed by atoms with Crippen LogP contribution in [0.2, 0.25) is 5.02 Å². The van der Waals surface area contributed by atoms with Gasteiger partial charge in [0, 0.05) is 23.0 Å². The lowest BCUT2D eigenvalue weighted by Gasteiger charge is -2.14. The van der Waals surface area contributed by atoms with Gasteiger partial charge in [-0.05, 0) is 40.8 Å². The number of nitrogens with two attached hydrogens (primary N) is 1. The predicted molar refractivity (Wildman–Crippen MR) is 123 cm³/mol. The minimum absolute atomic E-state index is 0.0266. The molecule has 0 bridgehead atoms. The highest BCUT2D eigenvalue weighted by molar-refractivity contribution is 6.30. The standard InChI is InChI=1S/C25H22ClFN2O2/c26-17-13-16(24(28)23(27)14-17)7-5-6-12-29-25(30)31-15-22-20-10-3-1-8-18(20)19-9-2-4-11-21(19)22/h1-5,7-11,13-14,22H,6,12,15,28H2,(H,29,30). The van der Waals surface area contributed by atoms with Gasteiger partial charge in [-0.2, -0.15) is 0 Å². The van der Waals surface area contributed by atoms with Crippen molar-refractivity contribution in [2.24, 2.45) is 0 Å². The first-order valence-electron chi connectivity index (χ1n) is 10.0. The third kappa shape index (κ3) is 4.57. The molecule has 6 heteroatoms. The quantitative estimate of drug-likeness (QED) is 0.367. The molecule has 0 aliphatic heterocycles. The van der Waals surface area contributed by atoms with Crippen LogP contribution in [0.5, 0.6) is 0 Å². The molecule has 3 aromatic carbocycles. The molecule has 158 valence electrons. The Morgan fingerprint density at radius 3 is 2.42 bits per heavy atom. The lowest BCUT2D eigenvalue weighted by atomic mass is 9.98. The van der Waals surface area contributed by atoms with Gasteiger partial charge in [0.1, 0.15) is 12.4 Å². The van der Waals surface area contributed by atoms with Crippen LogP contribution in [0.1, 0.15) is 29.0 Å². The van der Waals surface area contributed by atoms with E-state index in [9.17, 15) is 9.18 Å². The van der Waals surface area contributed by atoms with E-state index in [0.29, 0.717) is 18.5 Å². The number of halogens is 2. The lowest BCUT2D eigenvalue weighted by molar-refractivity contribution is 0.143. The number of rotatable bonds is 6. The SMILES string of the molecule is Nc1c(F)cc(Cl)cc1C=CCCNC(=O)OCC1c2ccccc2-c2ccccc21. The Balaban J connectivity index is 1.29. The molecule has 0 atom stereocenters. The van der Waals surface area contributed by atoms with Crippen molar-refractivity contribution in [3.8, 4) is 11.1 Å². The van der Waals surface area contributed by atoms with E-state index in [1.807, 2.05) is 24.3 Å². The predicted octanol–water partition coefficient (Wildman–Crippen LogP) is 6.00. The number of fused-ring (bicyclic) bond motifs is 3. The highest BCUT2D eigenvalue weighted by Crippen LogP contribution is 2.44. The van der Waals surface area contributed by atoms with Crippen LogP contribution in [0.15, 0.2) is 66.7 Å². The van der Waals surface area contributed by atoms with Crippen LogP contribution >= 0.6 is 11.6 Å². The van der Waals surface area contributed by atoms with Crippen molar-refractivity contribution in [3.63, 3.8) is 0 Å². The van der Waals surface area contributed by atoms with E-state index >= 15 is 0 Å². The molecule has 0 radical (unpaired) electrons. The fourth-order valence-corrected chi connectivity index (χ4v) is 4.07. The van der Waals surface area contributed by atoms with Crippen LogP contribution in [-0.2, 0) is 4.74 Å². The van der Waals surface area contributed by atoms with Gasteiger partial charge in [0.2, 0.25) is 0 Å². The molecule has 0 spiro atoms. The maximum atomic E-state index is 13.6. The van der Waals surface area contributed by atoms with Gasteiger partial charge < -0.3 is 15.8 Å². The van der Waals surface area contributed by atoms with E-state index in [2.05, 4.69) is 29.6 Å². The molecule has 0 unspecified atom stereocenters. The number of amides is 1. The molecule has 0 heterocycles. The Morgan fingerprint density at radius 1 is 1.10 bits per heavy atom. The lowest BCUT2D eigenvalue weighted by Crippen LogP contribution is -2.26. The maximum Gasteiger partial charge on any atom is 0.407 e. The average molecular weight is 437 g/mol. The first-order chi connectivity index (χ1) is 15.0. The van der Waals surface area contributed by atoms with E-state index in [0.717, 1.165) is 0 Å². The monoisotopic (exact) mass is 436 g/mol. The summed E-state index contributed by atoms with van der Waals surface area (Å²) in [6, 6.07) is 19.2. The summed E-state index contributed by atoms with van der Waals surface area (Å²) >= 11 is 5.85. The third-order valence-corrected chi connectivity index (χ3v) is 5.57. The summed E-state index contributed by atoms with van der Waals surface area (Å²) < 4.78 is 19.1. The molecule has 1 aliphatic rings. The van der Waals surface area contributed by atoms with Crippen molar-refractivity contribution in [2.45, 2.75) is 12.3 Å². The number of ether oxygens (including phenoxy) is 1. The fourth-order valence-electron chi connectivity index (χ4n) is 3.86. The Hall–Kier alpha value is -3.31. The highest BCUT2D eigenvalue weighted by atomic mass is 35.5. The largest absolute Gasteiger partial charge is 0.449 e. The minimum Gasteiger partial charge on any atom is -0.449 e. The number of hydrogen-bond acceptors (Lipinski definition) is 3. The van der Waals surface area contributed by atoms with Crippen LogP contribution in [0.3, 0.4) is 0 Å². The van der Waals surface area contributed by atoms with E-state index in [1.165, 1.54) is 28.3 Å². The Kier molecular flexibility index (Phi) is 6.23. The molecule has 0 saturated heterocycles. The normalized spacial score (nSPS) is 12.6. The second kappa shape index (κ2) is 9.23. The average Bonchev–Trinajstić information content (AvgIpc) is 3.09. The molecule has 31 heavy (non-hydrogen) atoms.